The van der Waals surface area contributed by atoms with Crippen molar-refractivity contribution in [3.63, 3.8) is 0 Å². The minimum absolute atomic E-state index is 0.0995. The summed E-state index contributed by atoms with van der Waals surface area (Å²) in [6, 6.07) is 0. The van der Waals surface area contributed by atoms with Crippen LogP contribution in [-0.2, 0) is 16.4 Å². The van der Waals surface area contributed by atoms with Gasteiger partial charge in [0.15, 0.2) is 5.03 Å². The third kappa shape index (κ3) is 3.52. The zero-order valence-corrected chi connectivity index (χ0v) is 11.2. The number of aliphatic hydroxyl groups excluding tert-OH is 1. The van der Waals surface area contributed by atoms with Crippen LogP contribution >= 0.6 is 0 Å². The van der Waals surface area contributed by atoms with E-state index in [1.807, 2.05) is 6.92 Å². The summed E-state index contributed by atoms with van der Waals surface area (Å²) >= 11 is 0. The van der Waals surface area contributed by atoms with Crippen molar-refractivity contribution in [3.05, 3.63) is 12.0 Å². The van der Waals surface area contributed by atoms with Crippen LogP contribution < -0.4 is 0 Å². The van der Waals surface area contributed by atoms with E-state index in [0.29, 0.717) is 18.7 Å². The van der Waals surface area contributed by atoms with Gasteiger partial charge in [-0.3, -0.25) is 0 Å². The van der Waals surface area contributed by atoms with Crippen molar-refractivity contribution in [3.8, 4) is 0 Å². The Morgan fingerprint density at radius 2 is 2.24 bits per heavy atom. The second kappa shape index (κ2) is 5.61. The predicted octanol–water partition coefficient (Wildman–Crippen LogP) is 0.364. The van der Waals surface area contributed by atoms with Gasteiger partial charge in [-0.05, 0) is 13.3 Å². The molecule has 0 aliphatic heterocycles. The van der Waals surface area contributed by atoms with Gasteiger partial charge in [-0.2, -0.15) is 4.31 Å². The molecule has 1 aromatic rings. The molecule has 0 aliphatic rings. The number of aromatic nitrogens is 2. The van der Waals surface area contributed by atoms with Gasteiger partial charge in [0, 0.05) is 20.0 Å². The molecule has 98 valence electrons. The van der Waals surface area contributed by atoms with E-state index in [-0.39, 0.29) is 11.6 Å². The fourth-order valence-corrected chi connectivity index (χ4v) is 2.43. The number of sulfonamides is 1. The Kier molecular flexibility index (Phi) is 4.67. The molecule has 2 N–H and O–H groups in total. The van der Waals surface area contributed by atoms with E-state index >= 15 is 0 Å². The Morgan fingerprint density at radius 1 is 1.59 bits per heavy atom. The smallest absolute Gasteiger partial charge is 0.259 e. The molecular weight excluding hydrogens is 242 g/mol. The maximum atomic E-state index is 12.0. The van der Waals surface area contributed by atoms with Crippen LogP contribution in [0.15, 0.2) is 11.2 Å². The first kappa shape index (κ1) is 14.1. The fraction of sp³-hybridized carbons (Fsp3) is 0.700. The van der Waals surface area contributed by atoms with Gasteiger partial charge in [-0.25, -0.2) is 13.4 Å². The zero-order chi connectivity index (χ0) is 13.1. The summed E-state index contributed by atoms with van der Waals surface area (Å²) in [4.78, 5) is 6.74. The van der Waals surface area contributed by atoms with Crippen LogP contribution in [0, 0.1) is 0 Å². The van der Waals surface area contributed by atoms with Crippen LogP contribution in [0.3, 0.4) is 0 Å². The molecule has 0 spiro atoms. The minimum Gasteiger partial charge on any atom is -0.393 e. The highest BCUT2D eigenvalue weighted by Gasteiger charge is 2.22. The largest absolute Gasteiger partial charge is 0.393 e. The lowest BCUT2D eigenvalue weighted by Crippen LogP contribution is -2.29. The molecule has 0 bridgehead atoms. The number of hydrogen-bond acceptors (Lipinski definition) is 4. The number of aliphatic hydroxyl groups is 1. The lowest BCUT2D eigenvalue weighted by molar-refractivity contribution is 0.177. The van der Waals surface area contributed by atoms with E-state index < -0.39 is 16.1 Å². The summed E-state index contributed by atoms with van der Waals surface area (Å²) in [6.07, 6.45) is 1.88. The lowest BCUT2D eigenvalue weighted by Gasteiger charge is -2.16. The first-order valence-electron chi connectivity index (χ1n) is 5.56. The molecule has 0 radical (unpaired) electrons. The van der Waals surface area contributed by atoms with E-state index in [9.17, 15) is 8.42 Å². The SMILES string of the molecule is CCc1ncc(S(=O)(=O)N(C)CCC(C)O)[nH]1. The van der Waals surface area contributed by atoms with E-state index in [2.05, 4.69) is 9.97 Å². The molecule has 7 heteroatoms. The third-order valence-electron chi connectivity index (χ3n) is 2.49. The van der Waals surface area contributed by atoms with E-state index in [1.54, 1.807) is 6.92 Å². The van der Waals surface area contributed by atoms with Crippen LogP contribution in [0.2, 0.25) is 0 Å². The average Bonchev–Trinajstić information content (AvgIpc) is 2.74. The number of imidazole rings is 1. The molecule has 0 amide bonds. The van der Waals surface area contributed by atoms with E-state index in [0.717, 1.165) is 0 Å². The number of aryl methyl sites for hydroxylation is 1. The van der Waals surface area contributed by atoms with Gasteiger partial charge in [0.2, 0.25) is 0 Å². The summed E-state index contributed by atoms with van der Waals surface area (Å²) in [7, 11) is -2.03. The molecule has 1 rings (SSSR count). The van der Waals surface area contributed by atoms with Crippen LogP contribution in [0.5, 0.6) is 0 Å². The topological polar surface area (TPSA) is 86.3 Å². The van der Waals surface area contributed by atoms with Crippen molar-refractivity contribution in [1.82, 2.24) is 14.3 Å². The Balaban J connectivity index is 2.79. The van der Waals surface area contributed by atoms with Crippen molar-refractivity contribution in [1.29, 1.82) is 0 Å². The van der Waals surface area contributed by atoms with Crippen molar-refractivity contribution < 1.29 is 13.5 Å². The molecule has 0 aromatic carbocycles. The van der Waals surface area contributed by atoms with Gasteiger partial charge >= 0.3 is 0 Å². The summed E-state index contributed by atoms with van der Waals surface area (Å²) in [5, 5.41) is 9.24. The molecule has 1 aromatic heterocycles. The Labute approximate surface area is 102 Å². The summed E-state index contributed by atoms with van der Waals surface area (Å²) < 4.78 is 25.3. The third-order valence-corrected chi connectivity index (χ3v) is 4.26. The minimum atomic E-state index is -3.52. The maximum Gasteiger partial charge on any atom is 0.259 e. The molecule has 0 fully saturated rings. The number of hydrogen-bond donors (Lipinski definition) is 2. The Bertz CT molecular complexity index is 453. The normalized spacial score (nSPS) is 14.2. The summed E-state index contributed by atoms with van der Waals surface area (Å²) in [6.45, 7) is 3.80. The number of nitrogens with zero attached hydrogens (tertiary/aromatic N) is 2. The van der Waals surface area contributed by atoms with Gasteiger partial charge in [0.1, 0.15) is 5.82 Å². The standard InChI is InChI=1S/C10H19N3O3S/c1-4-9-11-7-10(12-9)17(15,16)13(3)6-5-8(2)14/h7-8,14H,4-6H2,1-3H3,(H,11,12). The van der Waals surface area contributed by atoms with Gasteiger partial charge in [-0.15, -0.1) is 0 Å². The van der Waals surface area contributed by atoms with Crippen LogP contribution in [0.4, 0.5) is 0 Å². The molecule has 0 saturated carbocycles. The number of rotatable bonds is 6. The molecule has 0 saturated heterocycles. The van der Waals surface area contributed by atoms with Crippen LogP contribution in [0.1, 0.15) is 26.1 Å². The maximum absolute atomic E-state index is 12.0. The molecule has 1 heterocycles. The lowest BCUT2D eigenvalue weighted by atomic mass is 10.3. The van der Waals surface area contributed by atoms with Gasteiger partial charge in [-0.1, -0.05) is 6.92 Å². The predicted molar refractivity (Wildman–Crippen MR) is 64.1 cm³/mol. The highest BCUT2D eigenvalue weighted by Crippen LogP contribution is 2.12. The summed E-state index contributed by atoms with van der Waals surface area (Å²) in [5.41, 5.74) is 0. The van der Waals surface area contributed by atoms with Gasteiger partial charge in [0.05, 0.1) is 12.3 Å². The Morgan fingerprint density at radius 3 is 2.71 bits per heavy atom. The van der Waals surface area contributed by atoms with E-state index in [1.165, 1.54) is 17.5 Å². The Hall–Kier alpha value is -0.920. The first-order valence-corrected chi connectivity index (χ1v) is 7.00. The van der Waals surface area contributed by atoms with Gasteiger partial charge < -0.3 is 10.1 Å². The second-order valence-electron chi connectivity index (χ2n) is 4.01. The number of aromatic amines is 1. The second-order valence-corrected chi connectivity index (χ2v) is 6.03. The highest BCUT2D eigenvalue weighted by molar-refractivity contribution is 7.89. The molecule has 1 unspecified atom stereocenters. The van der Waals surface area contributed by atoms with E-state index in [4.69, 9.17) is 5.11 Å². The summed E-state index contributed by atoms with van der Waals surface area (Å²) in [5.74, 6) is 0.646. The van der Waals surface area contributed by atoms with Crippen molar-refractivity contribution >= 4 is 10.0 Å². The zero-order valence-electron chi connectivity index (χ0n) is 10.3. The average molecular weight is 261 g/mol. The number of nitrogens with one attached hydrogen (secondary N) is 1. The van der Waals surface area contributed by atoms with Crippen molar-refractivity contribution in [2.45, 2.75) is 37.8 Å². The molecule has 0 aliphatic carbocycles. The van der Waals surface area contributed by atoms with Crippen LogP contribution in [0.25, 0.3) is 0 Å². The first-order chi connectivity index (χ1) is 7.87. The van der Waals surface area contributed by atoms with Gasteiger partial charge in [0.25, 0.3) is 10.0 Å². The van der Waals surface area contributed by atoms with Crippen LogP contribution in [-0.4, -0.2) is 47.5 Å². The fourth-order valence-electron chi connectivity index (χ4n) is 1.31. The molecular formula is C10H19N3O3S. The molecule has 1 atom stereocenters. The quantitative estimate of drug-likeness (QED) is 0.774. The van der Waals surface area contributed by atoms with Crippen molar-refractivity contribution in [2.24, 2.45) is 0 Å². The highest BCUT2D eigenvalue weighted by atomic mass is 32.2. The molecule has 6 nitrogen and oxygen atoms in total. The van der Waals surface area contributed by atoms with Crippen molar-refractivity contribution in [2.75, 3.05) is 13.6 Å². The molecule has 17 heavy (non-hydrogen) atoms. The monoisotopic (exact) mass is 261 g/mol. The number of H-pyrrole nitrogens is 1.